The van der Waals surface area contributed by atoms with Crippen LogP contribution in [-0.2, 0) is 38.3 Å². The Kier molecular flexibility index (Phi) is 34.1. The number of esters is 1. The summed E-state index contributed by atoms with van der Waals surface area (Å²) in [7, 11) is -5.05. The number of ether oxygens (including phenoxy) is 4. The molecule has 6 atom stereocenters. The Morgan fingerprint density at radius 2 is 1.02 bits per heavy atom. The molecule has 0 saturated carbocycles. The summed E-state index contributed by atoms with van der Waals surface area (Å²) in [5.74, 6) is -0.404. The fraction of sp³-hybridized carbons (Fsp3) is 0.977. The lowest BCUT2D eigenvalue weighted by Gasteiger charge is -2.41. The lowest BCUT2D eigenvalue weighted by Crippen LogP contribution is -2.60. The van der Waals surface area contributed by atoms with Gasteiger partial charge >= 0.3 is 16.4 Å². The zero-order chi connectivity index (χ0) is 41.1. The van der Waals surface area contributed by atoms with Gasteiger partial charge in [0.05, 0.1) is 19.8 Å². The highest BCUT2D eigenvalue weighted by molar-refractivity contribution is 7.80. The number of rotatable bonds is 40. The van der Waals surface area contributed by atoms with Gasteiger partial charge in [0.1, 0.15) is 30.5 Å². The monoisotopic (exact) mass is 825 g/mol. The van der Waals surface area contributed by atoms with Crippen LogP contribution in [0, 0.1) is 0 Å². The van der Waals surface area contributed by atoms with Crippen molar-refractivity contribution >= 4 is 16.4 Å². The number of hydrogen-bond acceptors (Lipinski definition) is 11. The van der Waals surface area contributed by atoms with Crippen LogP contribution in [0.15, 0.2) is 0 Å². The second-order valence-electron chi connectivity index (χ2n) is 16.0. The molecule has 0 bridgehead atoms. The van der Waals surface area contributed by atoms with Crippen molar-refractivity contribution in [1.29, 1.82) is 0 Å². The van der Waals surface area contributed by atoms with Crippen molar-refractivity contribution in [3.63, 3.8) is 0 Å². The lowest BCUT2D eigenvalue weighted by atomic mass is 9.99. The van der Waals surface area contributed by atoms with Crippen LogP contribution in [0.4, 0.5) is 0 Å². The molecule has 0 aromatic rings. The van der Waals surface area contributed by atoms with Crippen molar-refractivity contribution in [2.45, 2.75) is 243 Å². The largest absolute Gasteiger partial charge is 0.457 e. The van der Waals surface area contributed by atoms with Gasteiger partial charge in [0.2, 0.25) is 0 Å². The van der Waals surface area contributed by atoms with Crippen LogP contribution in [0.2, 0.25) is 0 Å². The maximum atomic E-state index is 12.7. The van der Waals surface area contributed by atoms with E-state index in [1.54, 1.807) is 0 Å². The molecule has 0 aromatic carbocycles. The fourth-order valence-electron chi connectivity index (χ4n) is 7.26. The Balaban J connectivity index is 2.23. The second kappa shape index (κ2) is 36.0. The summed E-state index contributed by atoms with van der Waals surface area (Å²) in [6.07, 6.45) is 27.7. The molecule has 1 rings (SSSR count). The Bertz CT molecular complexity index is 999. The normalized spacial score (nSPS) is 20.7. The molecule has 6 unspecified atom stereocenters. The summed E-state index contributed by atoms with van der Waals surface area (Å²) in [4.78, 5) is 12.7. The molecule has 12 nitrogen and oxygen atoms in total. The molecule has 1 aliphatic rings. The summed E-state index contributed by atoms with van der Waals surface area (Å²) >= 11 is 0. The van der Waals surface area contributed by atoms with E-state index in [9.17, 15) is 28.5 Å². The number of carbonyl (C=O) groups is 1. The van der Waals surface area contributed by atoms with E-state index in [1.165, 1.54) is 135 Å². The summed E-state index contributed by atoms with van der Waals surface area (Å²) in [5, 5.41) is 30.5. The molecule has 0 radical (unpaired) electrons. The number of hydrogen-bond donors (Lipinski definition) is 4. The zero-order valence-corrected chi connectivity index (χ0v) is 36.3. The van der Waals surface area contributed by atoms with E-state index in [0.717, 1.165) is 44.9 Å². The van der Waals surface area contributed by atoms with E-state index >= 15 is 0 Å². The highest BCUT2D eigenvalue weighted by Crippen LogP contribution is 2.26. The molecular weight excluding hydrogens is 741 g/mol. The van der Waals surface area contributed by atoms with Crippen LogP contribution >= 0.6 is 0 Å². The molecule has 0 aliphatic carbocycles. The number of carbonyl (C=O) groups excluding carboxylic acids is 1. The summed E-state index contributed by atoms with van der Waals surface area (Å²) in [6.45, 7) is 3.95. The van der Waals surface area contributed by atoms with Crippen LogP contribution in [-0.4, -0.2) is 97.5 Å². The van der Waals surface area contributed by atoms with Gasteiger partial charge in [0, 0.05) is 13.0 Å². The van der Waals surface area contributed by atoms with Crippen molar-refractivity contribution < 1.29 is 56.2 Å². The maximum absolute atomic E-state index is 12.7. The standard InChI is InChI=1S/C43H84O12S/c1-3-5-7-9-11-12-13-14-15-16-17-18-19-20-21-22-23-24-25-26-27-29-31-33-51-35-37(53-39(45)32-30-28-10-8-6-4-2)36-52-43-41(47)42(55-56(48,49)50)40(46)38(34-44)54-43/h37-38,40-44,46-47H,3-36H2,1-2H3,(H,48,49,50). The topological polar surface area (TPSA) is 178 Å². The average molecular weight is 825 g/mol. The van der Waals surface area contributed by atoms with Crippen LogP contribution in [0.25, 0.3) is 0 Å². The first-order chi connectivity index (χ1) is 27.1. The van der Waals surface area contributed by atoms with Crippen molar-refractivity contribution in [1.82, 2.24) is 0 Å². The average Bonchev–Trinajstić information content (AvgIpc) is 3.17. The van der Waals surface area contributed by atoms with Gasteiger partial charge < -0.3 is 34.3 Å². The number of aliphatic hydroxyl groups excluding tert-OH is 3. The number of unbranched alkanes of at least 4 members (excludes halogenated alkanes) is 27. The van der Waals surface area contributed by atoms with E-state index in [-0.39, 0.29) is 19.6 Å². The van der Waals surface area contributed by atoms with Crippen LogP contribution < -0.4 is 0 Å². The van der Waals surface area contributed by atoms with Crippen molar-refractivity contribution in [2.24, 2.45) is 0 Å². The first-order valence-electron chi connectivity index (χ1n) is 22.8. The van der Waals surface area contributed by atoms with Gasteiger partial charge in [0.15, 0.2) is 6.29 Å². The van der Waals surface area contributed by atoms with Gasteiger partial charge in [-0.25, -0.2) is 4.18 Å². The van der Waals surface area contributed by atoms with Gasteiger partial charge in [-0.1, -0.05) is 187 Å². The minimum absolute atomic E-state index is 0.0430. The summed E-state index contributed by atoms with van der Waals surface area (Å²) < 4.78 is 58.8. The van der Waals surface area contributed by atoms with Crippen molar-refractivity contribution in [3.8, 4) is 0 Å². The van der Waals surface area contributed by atoms with Gasteiger partial charge in [0.25, 0.3) is 0 Å². The molecule has 1 aliphatic heterocycles. The maximum Gasteiger partial charge on any atom is 0.397 e. The molecule has 1 fully saturated rings. The highest BCUT2D eigenvalue weighted by Gasteiger charge is 2.48. The highest BCUT2D eigenvalue weighted by atomic mass is 32.3. The molecule has 13 heteroatoms. The molecule has 56 heavy (non-hydrogen) atoms. The Morgan fingerprint density at radius 3 is 1.43 bits per heavy atom. The van der Waals surface area contributed by atoms with Crippen molar-refractivity contribution in [2.75, 3.05) is 26.4 Å². The zero-order valence-electron chi connectivity index (χ0n) is 35.5. The van der Waals surface area contributed by atoms with Crippen LogP contribution in [0.3, 0.4) is 0 Å². The van der Waals surface area contributed by atoms with E-state index in [0.29, 0.717) is 13.0 Å². The van der Waals surface area contributed by atoms with E-state index < -0.39 is 59.8 Å². The molecule has 334 valence electrons. The predicted octanol–water partition coefficient (Wildman–Crippen LogP) is 9.30. The third kappa shape index (κ3) is 29.3. The SMILES string of the molecule is CCCCCCCCCCCCCCCCCCCCCCCCCOCC(COC1OC(CO)C(O)C(OS(=O)(=O)O)C1O)OC(=O)CCCCCCCC. The third-order valence-electron chi connectivity index (χ3n) is 10.7. The van der Waals surface area contributed by atoms with E-state index in [1.807, 2.05) is 0 Å². The van der Waals surface area contributed by atoms with Gasteiger partial charge in [-0.3, -0.25) is 9.35 Å². The Morgan fingerprint density at radius 1 is 0.607 bits per heavy atom. The molecule has 0 amide bonds. The molecular formula is C43H84O12S. The van der Waals surface area contributed by atoms with Gasteiger partial charge in [-0.2, -0.15) is 8.42 Å². The molecule has 1 saturated heterocycles. The molecule has 4 N–H and O–H groups in total. The van der Waals surface area contributed by atoms with E-state index in [4.69, 9.17) is 23.5 Å². The Hall–Kier alpha value is -0.900. The van der Waals surface area contributed by atoms with Gasteiger partial charge in [-0.15, -0.1) is 0 Å². The molecule has 0 spiro atoms. The fourth-order valence-corrected chi connectivity index (χ4v) is 7.77. The third-order valence-corrected chi connectivity index (χ3v) is 11.2. The smallest absolute Gasteiger partial charge is 0.397 e. The first kappa shape index (κ1) is 53.1. The number of aliphatic hydroxyl groups is 3. The Labute approximate surface area is 341 Å². The van der Waals surface area contributed by atoms with E-state index in [2.05, 4.69) is 18.0 Å². The van der Waals surface area contributed by atoms with Gasteiger partial charge in [-0.05, 0) is 12.8 Å². The molecule has 1 heterocycles. The first-order valence-corrected chi connectivity index (χ1v) is 24.2. The molecule has 0 aromatic heterocycles. The van der Waals surface area contributed by atoms with Crippen LogP contribution in [0.1, 0.15) is 206 Å². The van der Waals surface area contributed by atoms with Crippen molar-refractivity contribution in [3.05, 3.63) is 0 Å². The second-order valence-corrected chi connectivity index (χ2v) is 17.1. The predicted molar refractivity (Wildman–Crippen MR) is 221 cm³/mol. The summed E-state index contributed by atoms with van der Waals surface area (Å²) in [5.41, 5.74) is 0. The summed E-state index contributed by atoms with van der Waals surface area (Å²) in [6, 6.07) is 0. The minimum Gasteiger partial charge on any atom is -0.457 e. The lowest BCUT2D eigenvalue weighted by molar-refractivity contribution is -0.301. The van der Waals surface area contributed by atoms with Crippen LogP contribution in [0.5, 0.6) is 0 Å². The quantitative estimate of drug-likeness (QED) is 0.0262. The minimum atomic E-state index is -5.05.